The maximum absolute atomic E-state index is 13.1. The standard InChI is InChI=1S/C18H18F3NOS/c1-17(2,3)24(23)22-12-13-9-15(14-7-5-4-6-8-14)11-16(10-13)18(19,20)21/h4-12H,1-3H3/t24-/m1/s1. The van der Waals surface area contributed by atoms with Crippen molar-refractivity contribution in [1.29, 1.82) is 0 Å². The Hall–Kier alpha value is -1.95. The molecular weight excluding hydrogens is 335 g/mol. The van der Waals surface area contributed by atoms with Crippen LogP contribution in [-0.2, 0) is 17.2 Å². The molecule has 0 saturated heterocycles. The van der Waals surface area contributed by atoms with Gasteiger partial charge in [0, 0.05) is 6.21 Å². The van der Waals surface area contributed by atoms with Crippen molar-refractivity contribution in [2.45, 2.75) is 31.7 Å². The molecule has 0 N–H and O–H groups in total. The van der Waals surface area contributed by atoms with Crippen LogP contribution in [0.25, 0.3) is 11.1 Å². The van der Waals surface area contributed by atoms with Crippen molar-refractivity contribution in [2.75, 3.05) is 0 Å². The zero-order valence-corrected chi connectivity index (χ0v) is 14.4. The van der Waals surface area contributed by atoms with Gasteiger partial charge < -0.3 is 0 Å². The lowest BCUT2D eigenvalue weighted by atomic mass is 10.00. The van der Waals surface area contributed by atoms with Gasteiger partial charge in [0.05, 0.1) is 10.3 Å². The summed E-state index contributed by atoms with van der Waals surface area (Å²) in [5.74, 6) is 0. The molecule has 0 spiro atoms. The lowest BCUT2D eigenvalue weighted by Gasteiger charge is -2.13. The van der Waals surface area contributed by atoms with Gasteiger partial charge in [-0.1, -0.05) is 30.3 Å². The summed E-state index contributed by atoms with van der Waals surface area (Å²) in [4.78, 5) is 0. The zero-order chi connectivity index (χ0) is 18.0. The molecule has 0 saturated carbocycles. The Morgan fingerprint density at radius 1 is 0.958 bits per heavy atom. The highest BCUT2D eigenvalue weighted by molar-refractivity contribution is 7.85. The molecule has 0 fully saturated rings. The molecule has 0 unspecified atom stereocenters. The van der Waals surface area contributed by atoms with Crippen LogP contribution < -0.4 is 0 Å². The van der Waals surface area contributed by atoms with Crippen molar-refractivity contribution in [3.8, 4) is 11.1 Å². The number of rotatable bonds is 3. The van der Waals surface area contributed by atoms with Crippen LogP contribution in [0.2, 0.25) is 0 Å². The third kappa shape index (κ3) is 4.77. The Labute approximate surface area is 142 Å². The number of nitrogens with zero attached hydrogens (tertiary/aromatic N) is 1. The van der Waals surface area contributed by atoms with Gasteiger partial charge in [-0.25, -0.2) is 4.21 Å². The average molecular weight is 353 g/mol. The first-order valence-corrected chi connectivity index (χ1v) is 8.42. The van der Waals surface area contributed by atoms with E-state index >= 15 is 0 Å². The summed E-state index contributed by atoms with van der Waals surface area (Å²) in [6.45, 7) is 5.26. The molecule has 2 aromatic rings. The lowest BCUT2D eigenvalue weighted by molar-refractivity contribution is -0.137. The topological polar surface area (TPSA) is 29.4 Å². The van der Waals surface area contributed by atoms with E-state index in [9.17, 15) is 17.4 Å². The lowest BCUT2D eigenvalue weighted by Crippen LogP contribution is -2.19. The van der Waals surface area contributed by atoms with E-state index < -0.39 is 27.5 Å². The minimum atomic E-state index is -4.46. The molecular formula is C18H18F3NOS. The molecule has 0 aromatic heterocycles. The Morgan fingerprint density at radius 3 is 2.12 bits per heavy atom. The van der Waals surface area contributed by atoms with Gasteiger partial charge in [0.25, 0.3) is 0 Å². The second-order valence-electron chi connectivity index (χ2n) is 6.30. The van der Waals surface area contributed by atoms with E-state index in [2.05, 4.69) is 4.40 Å². The van der Waals surface area contributed by atoms with Crippen LogP contribution >= 0.6 is 0 Å². The summed E-state index contributed by atoms with van der Waals surface area (Å²) < 4.78 is 54.7. The van der Waals surface area contributed by atoms with Crippen LogP contribution in [0.4, 0.5) is 13.2 Å². The Balaban J connectivity index is 2.48. The molecule has 0 amide bonds. The van der Waals surface area contributed by atoms with Gasteiger partial charge in [0.1, 0.15) is 11.0 Å². The largest absolute Gasteiger partial charge is 0.416 e. The molecule has 0 aliphatic heterocycles. The number of hydrogen-bond donors (Lipinski definition) is 0. The van der Waals surface area contributed by atoms with Crippen molar-refractivity contribution in [3.05, 3.63) is 59.7 Å². The van der Waals surface area contributed by atoms with E-state index in [4.69, 9.17) is 0 Å². The van der Waals surface area contributed by atoms with Crippen LogP contribution in [0.1, 0.15) is 31.9 Å². The first-order valence-electron chi connectivity index (χ1n) is 7.31. The normalized spacial score (nSPS) is 14.1. The summed E-state index contributed by atoms with van der Waals surface area (Å²) in [6.07, 6.45) is -3.22. The number of benzene rings is 2. The highest BCUT2D eigenvalue weighted by atomic mass is 32.2. The predicted molar refractivity (Wildman–Crippen MR) is 92.4 cm³/mol. The maximum Gasteiger partial charge on any atom is 0.416 e. The van der Waals surface area contributed by atoms with E-state index in [1.165, 1.54) is 6.21 Å². The molecule has 2 rings (SSSR count). The SMILES string of the molecule is CC(C)(C)[S@@](=O)N=Cc1cc(-c2ccccc2)cc(C(F)(F)F)c1. The first-order chi connectivity index (χ1) is 11.1. The van der Waals surface area contributed by atoms with Crippen LogP contribution in [0, 0.1) is 0 Å². The molecule has 2 aromatic carbocycles. The third-order valence-electron chi connectivity index (χ3n) is 3.21. The number of alkyl halides is 3. The van der Waals surface area contributed by atoms with E-state index in [0.29, 0.717) is 11.1 Å². The Morgan fingerprint density at radius 2 is 1.58 bits per heavy atom. The van der Waals surface area contributed by atoms with Gasteiger partial charge >= 0.3 is 6.18 Å². The Kier molecular flexibility index (Phi) is 5.28. The minimum Gasteiger partial charge on any atom is -0.234 e. The van der Waals surface area contributed by atoms with Gasteiger partial charge in [0.2, 0.25) is 0 Å². The van der Waals surface area contributed by atoms with Crippen molar-refractivity contribution in [1.82, 2.24) is 0 Å². The van der Waals surface area contributed by atoms with Gasteiger partial charge in [-0.2, -0.15) is 17.6 Å². The maximum atomic E-state index is 13.1. The van der Waals surface area contributed by atoms with Gasteiger partial charge in [-0.05, 0) is 55.7 Å². The third-order valence-corrected chi connectivity index (χ3v) is 4.56. The van der Waals surface area contributed by atoms with E-state index in [1.807, 2.05) is 0 Å². The molecule has 0 bridgehead atoms. The minimum absolute atomic E-state index is 0.265. The molecule has 1 atom stereocenters. The Bertz CT molecular complexity index is 762. The van der Waals surface area contributed by atoms with Crippen molar-refractivity contribution in [2.24, 2.45) is 4.40 Å². The summed E-state index contributed by atoms with van der Waals surface area (Å²) in [5.41, 5.74) is 0.622. The number of hydrogen-bond acceptors (Lipinski definition) is 1. The van der Waals surface area contributed by atoms with Crippen LogP contribution in [0.5, 0.6) is 0 Å². The number of halogens is 3. The second-order valence-corrected chi connectivity index (χ2v) is 8.24. The molecule has 0 aliphatic rings. The quantitative estimate of drug-likeness (QED) is 0.693. The highest BCUT2D eigenvalue weighted by Crippen LogP contribution is 2.33. The molecule has 0 aliphatic carbocycles. The van der Waals surface area contributed by atoms with Crippen molar-refractivity contribution >= 4 is 17.2 Å². The van der Waals surface area contributed by atoms with Gasteiger partial charge in [-0.15, -0.1) is 0 Å². The van der Waals surface area contributed by atoms with E-state index in [-0.39, 0.29) is 5.56 Å². The molecule has 0 radical (unpaired) electrons. The second kappa shape index (κ2) is 6.89. The monoisotopic (exact) mass is 353 g/mol. The van der Waals surface area contributed by atoms with Gasteiger partial charge in [0.15, 0.2) is 0 Å². The molecule has 6 heteroatoms. The summed E-state index contributed by atoms with van der Waals surface area (Å²) in [5, 5.41) is 0. The van der Waals surface area contributed by atoms with E-state index in [1.54, 1.807) is 57.2 Å². The average Bonchev–Trinajstić information content (AvgIpc) is 2.51. The molecule has 24 heavy (non-hydrogen) atoms. The van der Waals surface area contributed by atoms with Crippen LogP contribution in [0.3, 0.4) is 0 Å². The zero-order valence-electron chi connectivity index (χ0n) is 13.6. The fourth-order valence-corrected chi connectivity index (χ4v) is 2.49. The highest BCUT2D eigenvalue weighted by Gasteiger charge is 2.31. The molecule has 2 nitrogen and oxygen atoms in total. The fraction of sp³-hybridized carbons (Fsp3) is 0.278. The molecule has 0 heterocycles. The van der Waals surface area contributed by atoms with Crippen LogP contribution in [0.15, 0.2) is 52.9 Å². The summed E-state index contributed by atoms with van der Waals surface area (Å²) >= 11 is 0. The van der Waals surface area contributed by atoms with Crippen LogP contribution in [-0.4, -0.2) is 15.2 Å². The smallest absolute Gasteiger partial charge is 0.234 e. The summed E-state index contributed by atoms with van der Waals surface area (Å²) in [7, 11) is -1.53. The van der Waals surface area contributed by atoms with Gasteiger partial charge in [-0.3, -0.25) is 0 Å². The van der Waals surface area contributed by atoms with Crippen molar-refractivity contribution in [3.63, 3.8) is 0 Å². The van der Waals surface area contributed by atoms with Crippen molar-refractivity contribution < 1.29 is 17.4 Å². The van der Waals surface area contributed by atoms with E-state index in [0.717, 1.165) is 12.1 Å². The fourth-order valence-electron chi connectivity index (χ4n) is 1.95. The predicted octanol–water partition coefficient (Wildman–Crippen LogP) is 5.25. The molecule has 128 valence electrons. The summed E-state index contributed by atoms with van der Waals surface area (Å²) in [6, 6.07) is 12.5. The first kappa shape index (κ1) is 18.4.